The highest BCUT2D eigenvalue weighted by Gasteiger charge is 2.31. The number of nitrogens with one attached hydrogen (secondary N) is 4. The molecule has 18 heteroatoms. The molecule has 4 N–H and O–H groups in total. The van der Waals surface area contributed by atoms with Crippen LogP contribution in [0, 0.1) is 0 Å². The van der Waals surface area contributed by atoms with Crippen LogP contribution in [0.15, 0.2) is 79.8 Å². The molecule has 4 rings (SSSR count). The largest absolute Gasteiger partial charge is 0.416 e. The van der Waals surface area contributed by atoms with E-state index in [9.17, 15) is 45.5 Å². The normalized spacial score (nSPS) is 12.8. The molecule has 2 aromatic carbocycles. The minimum absolute atomic E-state index is 0.0712. The first kappa shape index (κ1) is 41.9. The number of aromatic nitrogens is 4. The molecule has 4 aromatic rings. The molecule has 274 valence electrons. The van der Waals surface area contributed by atoms with Crippen molar-refractivity contribution >= 4 is 29.2 Å². The number of rotatable bonds is 7. The number of aromatic amines is 2. The van der Waals surface area contributed by atoms with Gasteiger partial charge >= 0.3 is 23.7 Å². The molecule has 0 amide bonds. The molecular weight excluding hydrogens is 717 g/mol. The number of hydrogen-bond acceptors (Lipinski definition) is 6. The standard InChI is InChI=1S/C16H18F3N3O2.C9H9ClF3N.C7H9ClN2O2/c1-9(2)22-14(23)8-13(21-15(22)24)20-10(3)11-5-4-6-12(7-11)16(17,18)19;1-6(14-10)7-3-2-4-8(5-7)9(11,12)13;1-4(2)10-6(11)3-5(8)9-7(10)12/h4-10,20H,1-3H3,(H,21,24);2-6,14H,1H3;3-4H,1-2H3,(H,9,12)/t10-;6-;/m00./s1. The van der Waals surface area contributed by atoms with Gasteiger partial charge in [0.05, 0.1) is 11.1 Å². The van der Waals surface area contributed by atoms with Gasteiger partial charge in [0, 0.05) is 36.3 Å². The minimum atomic E-state index is -4.43. The Morgan fingerprint density at radius 3 is 1.44 bits per heavy atom. The number of anilines is 1. The summed E-state index contributed by atoms with van der Waals surface area (Å²) in [6.07, 6.45) is -8.73. The van der Waals surface area contributed by atoms with Gasteiger partial charge in [0.1, 0.15) is 11.0 Å². The van der Waals surface area contributed by atoms with E-state index in [0.717, 1.165) is 33.4 Å². The monoisotopic (exact) mass is 752 g/mol. The van der Waals surface area contributed by atoms with Crippen LogP contribution in [0.5, 0.6) is 0 Å². The van der Waals surface area contributed by atoms with Crippen molar-refractivity contribution in [3.8, 4) is 0 Å². The van der Waals surface area contributed by atoms with Crippen LogP contribution in [0.1, 0.15) is 88.0 Å². The molecule has 2 atom stereocenters. The number of benzene rings is 2. The van der Waals surface area contributed by atoms with Gasteiger partial charge in [0.2, 0.25) is 0 Å². The minimum Gasteiger partial charge on any atom is -0.365 e. The predicted molar refractivity (Wildman–Crippen MR) is 181 cm³/mol. The van der Waals surface area contributed by atoms with Gasteiger partial charge in [-0.25, -0.2) is 14.4 Å². The van der Waals surface area contributed by atoms with E-state index in [4.69, 9.17) is 23.4 Å². The van der Waals surface area contributed by atoms with Crippen LogP contribution in [0.2, 0.25) is 5.15 Å². The van der Waals surface area contributed by atoms with Crippen molar-refractivity contribution in [1.82, 2.24) is 23.9 Å². The zero-order valence-electron chi connectivity index (χ0n) is 27.6. The fourth-order valence-electron chi connectivity index (χ4n) is 4.39. The molecule has 50 heavy (non-hydrogen) atoms. The third-order valence-electron chi connectivity index (χ3n) is 6.89. The first-order chi connectivity index (χ1) is 23.1. The Kier molecular flexibility index (Phi) is 14.7. The van der Waals surface area contributed by atoms with Crippen LogP contribution < -0.4 is 32.7 Å². The molecule has 10 nitrogen and oxygen atoms in total. The lowest BCUT2D eigenvalue weighted by Crippen LogP contribution is -2.36. The van der Waals surface area contributed by atoms with Gasteiger partial charge in [-0.1, -0.05) is 35.9 Å². The second-order valence-electron chi connectivity index (χ2n) is 11.5. The molecule has 0 bridgehead atoms. The average molecular weight is 754 g/mol. The summed E-state index contributed by atoms with van der Waals surface area (Å²) in [5, 5.41) is 2.92. The number of nitrogens with zero attached hydrogens (tertiary/aromatic N) is 2. The lowest BCUT2D eigenvalue weighted by molar-refractivity contribution is -0.138. The predicted octanol–water partition coefficient (Wildman–Crippen LogP) is 7.59. The summed E-state index contributed by atoms with van der Waals surface area (Å²) in [4.78, 5) is 53.4. The van der Waals surface area contributed by atoms with E-state index in [0.29, 0.717) is 11.1 Å². The van der Waals surface area contributed by atoms with E-state index >= 15 is 0 Å². The van der Waals surface area contributed by atoms with E-state index in [1.807, 2.05) is 0 Å². The van der Waals surface area contributed by atoms with Gasteiger partial charge in [-0.15, -0.1) is 0 Å². The maximum atomic E-state index is 12.8. The highest BCUT2D eigenvalue weighted by molar-refractivity contribution is 6.29. The summed E-state index contributed by atoms with van der Waals surface area (Å²) < 4.78 is 77.3. The van der Waals surface area contributed by atoms with Crippen LogP contribution in [0.25, 0.3) is 0 Å². The maximum absolute atomic E-state index is 12.8. The van der Waals surface area contributed by atoms with Gasteiger partial charge in [0.25, 0.3) is 11.1 Å². The third kappa shape index (κ3) is 11.9. The Hall–Kier alpha value is -4.28. The quantitative estimate of drug-likeness (QED) is 0.0874. The molecule has 0 fully saturated rings. The summed E-state index contributed by atoms with van der Waals surface area (Å²) in [6, 6.07) is 11.1. The van der Waals surface area contributed by atoms with Gasteiger partial charge in [-0.2, -0.15) is 26.3 Å². The van der Waals surface area contributed by atoms with Gasteiger partial charge in [-0.3, -0.25) is 28.7 Å². The number of hydrogen-bond donors (Lipinski definition) is 4. The summed E-state index contributed by atoms with van der Waals surface area (Å²) in [7, 11) is 0. The fourth-order valence-corrected chi connectivity index (χ4v) is 4.69. The second-order valence-corrected chi connectivity index (χ2v) is 12.1. The van der Waals surface area contributed by atoms with E-state index < -0.39 is 46.5 Å². The van der Waals surface area contributed by atoms with E-state index in [1.54, 1.807) is 53.7 Å². The zero-order chi connectivity index (χ0) is 38.1. The van der Waals surface area contributed by atoms with Crippen LogP contribution in [0.3, 0.4) is 0 Å². The van der Waals surface area contributed by atoms with E-state index in [1.165, 1.54) is 24.3 Å². The first-order valence-electron chi connectivity index (χ1n) is 14.9. The highest BCUT2D eigenvalue weighted by atomic mass is 35.5. The van der Waals surface area contributed by atoms with Crippen LogP contribution in [-0.4, -0.2) is 19.1 Å². The maximum Gasteiger partial charge on any atom is 0.416 e. The van der Waals surface area contributed by atoms with Crippen LogP contribution >= 0.6 is 23.4 Å². The lowest BCUT2D eigenvalue weighted by Gasteiger charge is -2.17. The lowest BCUT2D eigenvalue weighted by atomic mass is 10.0. The molecule has 0 aliphatic carbocycles. The van der Waals surface area contributed by atoms with Gasteiger partial charge < -0.3 is 5.32 Å². The summed E-state index contributed by atoms with van der Waals surface area (Å²) in [5.74, 6) is 0.159. The zero-order valence-corrected chi connectivity index (χ0v) is 29.1. The Morgan fingerprint density at radius 1 is 0.640 bits per heavy atom. The Balaban J connectivity index is 0.000000283. The van der Waals surface area contributed by atoms with Gasteiger partial charge in [0.15, 0.2) is 0 Å². The second kappa shape index (κ2) is 17.6. The fraction of sp³-hybridized carbons (Fsp3) is 0.375. The SMILES string of the molecule is CC(C)n1c(=O)cc(Cl)[nH]c1=O.CC(C)n1c(=O)cc(N[C@@H](C)c2cccc(C(F)(F)F)c2)[nH]c1=O.C[C@H](NCl)c1cccc(C(F)(F)F)c1. The van der Waals surface area contributed by atoms with Crippen molar-refractivity contribution in [3.05, 3.63) is 130 Å². The summed E-state index contributed by atoms with van der Waals surface area (Å²) in [5.41, 5.74) is -2.41. The topological polar surface area (TPSA) is 134 Å². The molecule has 2 aromatic heterocycles. The van der Waals surface area contributed by atoms with Crippen LogP contribution in [-0.2, 0) is 12.4 Å². The van der Waals surface area contributed by atoms with Gasteiger partial charge in [-0.05, 0) is 88.7 Å². The highest BCUT2D eigenvalue weighted by Crippen LogP contribution is 2.32. The van der Waals surface area contributed by atoms with E-state index in [2.05, 4.69) is 20.1 Å². The molecule has 0 saturated heterocycles. The molecule has 0 radical (unpaired) electrons. The summed E-state index contributed by atoms with van der Waals surface area (Å²) in [6.45, 7) is 10.2. The van der Waals surface area contributed by atoms with Crippen molar-refractivity contribution in [1.29, 1.82) is 0 Å². The van der Waals surface area contributed by atoms with Crippen LogP contribution in [0.4, 0.5) is 32.2 Å². The van der Waals surface area contributed by atoms with Crippen molar-refractivity contribution in [2.75, 3.05) is 5.32 Å². The first-order valence-corrected chi connectivity index (χ1v) is 15.7. The summed E-state index contributed by atoms with van der Waals surface area (Å²) >= 11 is 10.8. The van der Waals surface area contributed by atoms with Crippen molar-refractivity contribution in [3.63, 3.8) is 0 Å². The number of halogens is 8. The Labute approximate surface area is 292 Å². The van der Waals surface area contributed by atoms with Crippen molar-refractivity contribution < 1.29 is 26.3 Å². The average Bonchev–Trinajstić information content (AvgIpc) is 2.99. The molecular formula is C32H36Cl2F6N6O4. The van der Waals surface area contributed by atoms with Crippen molar-refractivity contribution in [2.45, 2.75) is 78.1 Å². The Bertz CT molecular complexity index is 1910. The molecule has 0 saturated carbocycles. The molecule has 0 unspecified atom stereocenters. The molecule has 0 spiro atoms. The Morgan fingerprint density at radius 2 is 1.06 bits per heavy atom. The van der Waals surface area contributed by atoms with E-state index in [-0.39, 0.29) is 34.7 Å². The number of alkyl halides is 6. The molecule has 0 aliphatic heterocycles. The molecule has 0 aliphatic rings. The third-order valence-corrected chi connectivity index (χ3v) is 7.43. The molecule has 2 heterocycles. The number of H-pyrrole nitrogens is 2. The van der Waals surface area contributed by atoms with Crippen molar-refractivity contribution in [2.24, 2.45) is 0 Å². The smallest absolute Gasteiger partial charge is 0.365 e.